The lowest BCUT2D eigenvalue weighted by Crippen LogP contribution is -2.34. The minimum Gasteiger partial charge on any atom is -0.481 e. The molecule has 1 aromatic rings. The third-order valence-corrected chi connectivity index (χ3v) is 3.77. The van der Waals surface area contributed by atoms with E-state index in [-0.39, 0.29) is 5.92 Å². The second kappa shape index (κ2) is 5.52. The first-order chi connectivity index (χ1) is 8.56. The number of nitrogens with one attached hydrogen (secondary N) is 1. The minimum atomic E-state index is -0.642. The average Bonchev–Trinajstić information content (AvgIpc) is 2.66. The molecule has 1 aliphatic carbocycles. The molecule has 2 rings (SSSR count). The lowest BCUT2D eigenvalue weighted by Gasteiger charge is -2.26. The van der Waals surface area contributed by atoms with E-state index in [0.29, 0.717) is 6.04 Å². The predicted octanol–water partition coefficient (Wildman–Crippen LogP) is 1.46. The molecule has 0 aromatic carbocycles. The fourth-order valence-corrected chi connectivity index (χ4v) is 2.62. The van der Waals surface area contributed by atoms with Gasteiger partial charge in [-0.05, 0) is 32.6 Å². The molecule has 0 saturated heterocycles. The van der Waals surface area contributed by atoms with Gasteiger partial charge in [0.25, 0.3) is 0 Å². The van der Waals surface area contributed by atoms with Gasteiger partial charge in [-0.2, -0.15) is 5.10 Å². The number of carboxylic acids is 1. The molecular formula is C13H21N3O2. The van der Waals surface area contributed by atoms with Gasteiger partial charge in [0.2, 0.25) is 0 Å². The molecule has 0 bridgehead atoms. The number of aliphatic carboxylic acids is 1. The van der Waals surface area contributed by atoms with Crippen molar-refractivity contribution in [3.05, 3.63) is 17.5 Å². The molecule has 1 aromatic heterocycles. The fraction of sp³-hybridized carbons (Fsp3) is 0.692. The maximum absolute atomic E-state index is 10.9. The molecule has 0 unspecified atom stereocenters. The van der Waals surface area contributed by atoms with Crippen LogP contribution in [0.5, 0.6) is 0 Å². The van der Waals surface area contributed by atoms with Gasteiger partial charge in [-0.1, -0.05) is 0 Å². The summed E-state index contributed by atoms with van der Waals surface area (Å²) in [5.74, 6) is -0.778. The number of carboxylic acid groups (broad SMARTS) is 1. The Bertz CT molecular complexity index is 420. The molecule has 0 atom stereocenters. The summed E-state index contributed by atoms with van der Waals surface area (Å²) in [5.41, 5.74) is 2.28. The van der Waals surface area contributed by atoms with E-state index < -0.39 is 5.97 Å². The lowest BCUT2D eigenvalue weighted by molar-refractivity contribution is -0.142. The van der Waals surface area contributed by atoms with Crippen molar-refractivity contribution in [1.82, 2.24) is 15.1 Å². The highest BCUT2D eigenvalue weighted by Gasteiger charge is 2.25. The molecule has 1 saturated carbocycles. The van der Waals surface area contributed by atoms with E-state index in [1.165, 1.54) is 5.56 Å². The minimum absolute atomic E-state index is 0.136. The SMILES string of the molecule is Cc1nn(C)cc1CNC1CCC(C(=O)O)CC1. The highest BCUT2D eigenvalue weighted by Crippen LogP contribution is 2.24. The normalized spacial score (nSPS) is 24.1. The van der Waals surface area contributed by atoms with E-state index >= 15 is 0 Å². The fourth-order valence-electron chi connectivity index (χ4n) is 2.62. The van der Waals surface area contributed by atoms with Crippen LogP contribution in [-0.2, 0) is 18.4 Å². The third-order valence-electron chi connectivity index (χ3n) is 3.77. The Balaban J connectivity index is 1.79. The van der Waals surface area contributed by atoms with Crippen molar-refractivity contribution in [3.63, 3.8) is 0 Å². The van der Waals surface area contributed by atoms with E-state index in [9.17, 15) is 4.79 Å². The lowest BCUT2D eigenvalue weighted by atomic mass is 9.86. The zero-order chi connectivity index (χ0) is 13.1. The number of nitrogens with zero attached hydrogens (tertiary/aromatic N) is 2. The predicted molar refractivity (Wildman–Crippen MR) is 68.2 cm³/mol. The molecule has 1 aliphatic rings. The molecule has 100 valence electrons. The van der Waals surface area contributed by atoms with E-state index in [2.05, 4.69) is 10.4 Å². The number of rotatable bonds is 4. The third kappa shape index (κ3) is 3.10. The van der Waals surface area contributed by atoms with Crippen LogP contribution in [0.25, 0.3) is 0 Å². The van der Waals surface area contributed by atoms with Gasteiger partial charge in [0.05, 0.1) is 11.6 Å². The molecule has 2 N–H and O–H groups in total. The van der Waals surface area contributed by atoms with Crippen molar-refractivity contribution in [3.8, 4) is 0 Å². The Labute approximate surface area is 107 Å². The molecule has 5 heteroatoms. The smallest absolute Gasteiger partial charge is 0.306 e. The Morgan fingerprint density at radius 1 is 1.50 bits per heavy atom. The van der Waals surface area contributed by atoms with Crippen molar-refractivity contribution in [2.45, 2.75) is 45.2 Å². The maximum Gasteiger partial charge on any atom is 0.306 e. The Morgan fingerprint density at radius 3 is 2.67 bits per heavy atom. The number of aryl methyl sites for hydroxylation is 2. The molecule has 18 heavy (non-hydrogen) atoms. The van der Waals surface area contributed by atoms with Gasteiger partial charge in [-0.15, -0.1) is 0 Å². The van der Waals surface area contributed by atoms with Gasteiger partial charge in [-0.3, -0.25) is 9.48 Å². The second-order valence-electron chi connectivity index (χ2n) is 5.18. The first-order valence-corrected chi connectivity index (χ1v) is 6.51. The topological polar surface area (TPSA) is 67.2 Å². The van der Waals surface area contributed by atoms with E-state index in [1.807, 2.05) is 24.9 Å². The van der Waals surface area contributed by atoms with Gasteiger partial charge >= 0.3 is 5.97 Å². The van der Waals surface area contributed by atoms with Crippen molar-refractivity contribution in [2.24, 2.45) is 13.0 Å². The summed E-state index contributed by atoms with van der Waals surface area (Å²) in [6.45, 7) is 2.83. The van der Waals surface area contributed by atoms with Crippen LogP contribution in [0, 0.1) is 12.8 Å². The van der Waals surface area contributed by atoms with Crippen LogP contribution in [-0.4, -0.2) is 26.9 Å². The van der Waals surface area contributed by atoms with Crippen LogP contribution in [0.15, 0.2) is 6.20 Å². The molecule has 1 fully saturated rings. The van der Waals surface area contributed by atoms with Crippen LogP contribution in [0.4, 0.5) is 0 Å². The largest absolute Gasteiger partial charge is 0.481 e. The zero-order valence-electron chi connectivity index (χ0n) is 11.0. The van der Waals surface area contributed by atoms with Gasteiger partial charge in [0, 0.05) is 31.4 Å². The van der Waals surface area contributed by atoms with Crippen LogP contribution in [0.3, 0.4) is 0 Å². The van der Waals surface area contributed by atoms with Gasteiger partial charge in [0.15, 0.2) is 0 Å². The summed E-state index contributed by atoms with van der Waals surface area (Å²) >= 11 is 0. The highest BCUT2D eigenvalue weighted by molar-refractivity contribution is 5.70. The molecule has 1 heterocycles. The van der Waals surface area contributed by atoms with Gasteiger partial charge < -0.3 is 10.4 Å². The molecule has 0 spiro atoms. The first-order valence-electron chi connectivity index (χ1n) is 6.51. The molecule has 0 aliphatic heterocycles. The van der Waals surface area contributed by atoms with E-state index in [0.717, 1.165) is 37.9 Å². The monoisotopic (exact) mass is 251 g/mol. The van der Waals surface area contributed by atoms with Crippen LogP contribution in [0.1, 0.15) is 36.9 Å². The van der Waals surface area contributed by atoms with Crippen LogP contribution >= 0.6 is 0 Å². The first kappa shape index (κ1) is 13.1. The van der Waals surface area contributed by atoms with Crippen molar-refractivity contribution >= 4 is 5.97 Å². The quantitative estimate of drug-likeness (QED) is 0.850. The summed E-state index contributed by atoms with van der Waals surface area (Å²) in [7, 11) is 1.93. The Kier molecular flexibility index (Phi) is 4.01. The Hall–Kier alpha value is -1.36. The number of hydrogen-bond donors (Lipinski definition) is 2. The summed E-state index contributed by atoms with van der Waals surface area (Å²) in [6, 6.07) is 0.445. The number of aromatic nitrogens is 2. The summed E-state index contributed by atoms with van der Waals surface area (Å²) < 4.78 is 1.83. The van der Waals surface area contributed by atoms with Crippen molar-refractivity contribution in [1.29, 1.82) is 0 Å². The summed E-state index contributed by atoms with van der Waals surface area (Å²) in [5, 5.41) is 16.8. The standard InChI is InChI=1S/C13H21N3O2/c1-9-11(8-16(2)15-9)7-14-12-5-3-10(4-6-12)13(17)18/h8,10,12,14H,3-7H2,1-2H3,(H,17,18). The second-order valence-corrected chi connectivity index (χ2v) is 5.18. The van der Waals surface area contributed by atoms with Crippen LogP contribution < -0.4 is 5.32 Å². The number of carbonyl (C=O) groups is 1. The molecule has 5 nitrogen and oxygen atoms in total. The zero-order valence-corrected chi connectivity index (χ0v) is 11.0. The van der Waals surface area contributed by atoms with E-state index in [1.54, 1.807) is 0 Å². The van der Waals surface area contributed by atoms with Gasteiger partial charge in [0.1, 0.15) is 0 Å². The van der Waals surface area contributed by atoms with Crippen molar-refractivity contribution in [2.75, 3.05) is 0 Å². The highest BCUT2D eigenvalue weighted by atomic mass is 16.4. The maximum atomic E-state index is 10.9. The molecule has 0 radical (unpaired) electrons. The molecule has 0 amide bonds. The average molecular weight is 251 g/mol. The summed E-state index contributed by atoms with van der Waals surface area (Å²) in [4.78, 5) is 10.9. The Morgan fingerprint density at radius 2 is 2.17 bits per heavy atom. The van der Waals surface area contributed by atoms with Gasteiger partial charge in [-0.25, -0.2) is 0 Å². The number of hydrogen-bond acceptors (Lipinski definition) is 3. The van der Waals surface area contributed by atoms with Crippen LogP contribution in [0.2, 0.25) is 0 Å². The van der Waals surface area contributed by atoms with E-state index in [4.69, 9.17) is 5.11 Å². The summed E-state index contributed by atoms with van der Waals surface area (Å²) in [6.07, 6.45) is 5.52. The van der Waals surface area contributed by atoms with Crippen molar-refractivity contribution < 1.29 is 9.90 Å². The molecular weight excluding hydrogens is 230 g/mol.